The molecule has 0 aliphatic carbocycles. The van der Waals surface area contributed by atoms with Crippen LogP contribution in [0.3, 0.4) is 0 Å². The first-order valence-electron chi connectivity index (χ1n) is 30.5. The average Bonchev–Trinajstić information content (AvgIpc) is 3.37. The van der Waals surface area contributed by atoms with Crippen LogP contribution in [0.1, 0.15) is 303 Å². The van der Waals surface area contributed by atoms with Crippen LogP contribution in [0.15, 0.2) is 72.9 Å². The van der Waals surface area contributed by atoms with Crippen molar-refractivity contribution in [1.29, 1.82) is 0 Å². The van der Waals surface area contributed by atoms with Crippen LogP contribution >= 0.6 is 0 Å². The Bertz CT molecular complexity index is 1320. The van der Waals surface area contributed by atoms with Gasteiger partial charge in [-0.25, -0.2) is 0 Å². The summed E-state index contributed by atoms with van der Waals surface area (Å²) in [5.41, 5.74) is 0. The highest BCUT2D eigenvalue weighted by Crippen LogP contribution is 2.15. The number of carbonyl (C=O) groups is 3. The summed E-state index contributed by atoms with van der Waals surface area (Å²) in [6.07, 6.45) is 76.1. The Morgan fingerprint density at radius 3 is 0.972 bits per heavy atom. The number of hydrogen-bond donors (Lipinski definition) is 0. The Morgan fingerprint density at radius 2 is 0.592 bits per heavy atom. The Balaban J connectivity index is 4.42. The van der Waals surface area contributed by atoms with Gasteiger partial charge in [0.25, 0.3) is 0 Å². The summed E-state index contributed by atoms with van der Waals surface area (Å²) in [6, 6.07) is 0. The van der Waals surface area contributed by atoms with Crippen molar-refractivity contribution in [2.45, 2.75) is 309 Å². The van der Waals surface area contributed by atoms with Crippen molar-refractivity contribution in [3.05, 3.63) is 72.9 Å². The zero-order chi connectivity index (χ0) is 51.4. The number of unbranched alkanes of at least 4 members (excludes halogenated alkanes) is 33. The van der Waals surface area contributed by atoms with Crippen LogP contribution in [-0.4, -0.2) is 37.2 Å². The normalized spacial score (nSPS) is 12.5. The molecular weight excluding hydrogens is 877 g/mol. The van der Waals surface area contributed by atoms with Gasteiger partial charge in [0.05, 0.1) is 0 Å². The van der Waals surface area contributed by atoms with Gasteiger partial charge in [0, 0.05) is 19.3 Å². The standard InChI is InChI=1S/C65H114O6/c1-4-7-10-13-16-19-22-25-28-31-33-35-37-40-43-46-49-52-55-58-64(67)70-61-62(60-69-63(66)57-54-51-48-45-42-39-36-30-27-24-21-18-15-12-9-6-3)71-65(68)59-56-53-50-47-44-41-38-34-32-29-26-23-20-17-14-11-8-5-2/h7,10,16,19,25,28,30,34,36,38-39,42,62H,4-6,8-9,11-15,17-18,20-24,26-27,29,31-33,35,37,40-41,43-61H2,1-3H3/b10-7-,19-16-,28-25-,36-30-,38-34-,42-39-. The zero-order valence-electron chi connectivity index (χ0n) is 47.0. The second kappa shape index (κ2) is 59.4. The van der Waals surface area contributed by atoms with E-state index in [1.165, 1.54) is 161 Å². The summed E-state index contributed by atoms with van der Waals surface area (Å²) in [4.78, 5) is 38.2. The molecule has 0 fully saturated rings. The van der Waals surface area contributed by atoms with Gasteiger partial charge in [0.2, 0.25) is 0 Å². The van der Waals surface area contributed by atoms with E-state index in [1.807, 2.05) is 0 Å². The summed E-state index contributed by atoms with van der Waals surface area (Å²) >= 11 is 0. The number of carbonyl (C=O) groups excluding carboxylic acids is 3. The molecule has 1 unspecified atom stereocenters. The van der Waals surface area contributed by atoms with Gasteiger partial charge in [0.1, 0.15) is 13.2 Å². The van der Waals surface area contributed by atoms with Crippen LogP contribution in [0, 0.1) is 0 Å². The molecule has 0 radical (unpaired) electrons. The predicted molar refractivity (Wildman–Crippen MR) is 307 cm³/mol. The molecular formula is C65H114O6. The monoisotopic (exact) mass is 991 g/mol. The fraction of sp³-hybridized carbons (Fsp3) is 0.769. The number of esters is 3. The fourth-order valence-corrected chi connectivity index (χ4v) is 8.62. The smallest absolute Gasteiger partial charge is 0.306 e. The van der Waals surface area contributed by atoms with Crippen molar-refractivity contribution in [3.8, 4) is 0 Å². The molecule has 0 aromatic carbocycles. The van der Waals surface area contributed by atoms with Crippen LogP contribution in [-0.2, 0) is 28.6 Å². The van der Waals surface area contributed by atoms with E-state index in [0.717, 1.165) is 103 Å². The van der Waals surface area contributed by atoms with Crippen LogP contribution in [0.2, 0.25) is 0 Å². The molecule has 0 aliphatic rings. The van der Waals surface area contributed by atoms with Gasteiger partial charge in [-0.15, -0.1) is 0 Å². The minimum Gasteiger partial charge on any atom is -0.462 e. The summed E-state index contributed by atoms with van der Waals surface area (Å²) < 4.78 is 16.9. The molecule has 0 spiro atoms. The molecule has 0 saturated heterocycles. The Morgan fingerprint density at radius 1 is 0.310 bits per heavy atom. The largest absolute Gasteiger partial charge is 0.462 e. The van der Waals surface area contributed by atoms with Crippen molar-refractivity contribution in [2.24, 2.45) is 0 Å². The van der Waals surface area contributed by atoms with Gasteiger partial charge < -0.3 is 14.2 Å². The van der Waals surface area contributed by atoms with E-state index >= 15 is 0 Å². The molecule has 71 heavy (non-hydrogen) atoms. The van der Waals surface area contributed by atoms with E-state index in [2.05, 4.69) is 93.7 Å². The van der Waals surface area contributed by atoms with Crippen molar-refractivity contribution in [3.63, 3.8) is 0 Å². The molecule has 0 aliphatic heterocycles. The third-order valence-electron chi connectivity index (χ3n) is 13.2. The topological polar surface area (TPSA) is 78.9 Å². The maximum absolute atomic E-state index is 12.9. The Labute approximate surface area is 440 Å². The molecule has 410 valence electrons. The van der Waals surface area contributed by atoms with E-state index in [9.17, 15) is 14.4 Å². The lowest BCUT2D eigenvalue weighted by Gasteiger charge is -2.18. The first-order valence-corrected chi connectivity index (χ1v) is 30.5. The van der Waals surface area contributed by atoms with Gasteiger partial charge in [-0.1, -0.05) is 254 Å². The van der Waals surface area contributed by atoms with Gasteiger partial charge in [-0.3, -0.25) is 14.4 Å². The molecule has 0 bridgehead atoms. The number of allylic oxidation sites excluding steroid dienone is 12. The molecule has 0 amide bonds. The lowest BCUT2D eigenvalue weighted by Crippen LogP contribution is -2.30. The highest BCUT2D eigenvalue weighted by molar-refractivity contribution is 5.71. The third-order valence-corrected chi connectivity index (χ3v) is 13.2. The molecule has 6 nitrogen and oxygen atoms in total. The SMILES string of the molecule is CC/C=C\C/C=C\C/C=C\CCCCCCCCCCCC(=O)OCC(COC(=O)CCCCC/C=C\C=C/CCCCCCCCC)OC(=O)CCCCCCC/C=C\CCCCCCCCCCC. The van der Waals surface area contributed by atoms with Crippen LogP contribution < -0.4 is 0 Å². The molecule has 1 atom stereocenters. The summed E-state index contributed by atoms with van der Waals surface area (Å²) in [5.74, 6) is -0.918. The van der Waals surface area contributed by atoms with Crippen LogP contribution in [0.25, 0.3) is 0 Å². The second-order valence-corrected chi connectivity index (χ2v) is 20.3. The van der Waals surface area contributed by atoms with E-state index in [4.69, 9.17) is 14.2 Å². The molecule has 6 heteroatoms. The van der Waals surface area contributed by atoms with Gasteiger partial charge in [-0.05, 0) is 103 Å². The summed E-state index contributed by atoms with van der Waals surface area (Å²) in [6.45, 7) is 6.52. The molecule has 0 aromatic rings. The minimum absolute atomic E-state index is 0.0892. The Kier molecular flexibility index (Phi) is 56.8. The van der Waals surface area contributed by atoms with Gasteiger partial charge in [-0.2, -0.15) is 0 Å². The van der Waals surface area contributed by atoms with E-state index in [1.54, 1.807) is 0 Å². The zero-order valence-corrected chi connectivity index (χ0v) is 47.0. The van der Waals surface area contributed by atoms with Gasteiger partial charge >= 0.3 is 17.9 Å². The van der Waals surface area contributed by atoms with Crippen molar-refractivity contribution >= 4 is 17.9 Å². The third kappa shape index (κ3) is 57.6. The van der Waals surface area contributed by atoms with Crippen molar-refractivity contribution < 1.29 is 28.6 Å². The number of ether oxygens (including phenoxy) is 3. The van der Waals surface area contributed by atoms with Crippen molar-refractivity contribution in [2.75, 3.05) is 13.2 Å². The maximum Gasteiger partial charge on any atom is 0.306 e. The lowest BCUT2D eigenvalue weighted by molar-refractivity contribution is -0.167. The highest BCUT2D eigenvalue weighted by Gasteiger charge is 2.19. The summed E-state index contributed by atoms with van der Waals surface area (Å²) in [5, 5.41) is 0. The fourth-order valence-electron chi connectivity index (χ4n) is 8.62. The quantitative estimate of drug-likeness (QED) is 0.0199. The van der Waals surface area contributed by atoms with Crippen LogP contribution in [0.4, 0.5) is 0 Å². The average molecular weight is 992 g/mol. The van der Waals surface area contributed by atoms with E-state index in [-0.39, 0.29) is 31.1 Å². The summed E-state index contributed by atoms with van der Waals surface area (Å²) in [7, 11) is 0. The molecule has 0 rings (SSSR count). The molecule has 0 aromatic heterocycles. The molecule has 0 N–H and O–H groups in total. The molecule has 0 saturated carbocycles. The number of rotatable bonds is 55. The van der Waals surface area contributed by atoms with Crippen LogP contribution in [0.5, 0.6) is 0 Å². The predicted octanol–water partition coefficient (Wildman–Crippen LogP) is 20.5. The molecule has 0 heterocycles. The highest BCUT2D eigenvalue weighted by atomic mass is 16.6. The second-order valence-electron chi connectivity index (χ2n) is 20.3. The van der Waals surface area contributed by atoms with Crippen molar-refractivity contribution in [1.82, 2.24) is 0 Å². The maximum atomic E-state index is 12.9. The Hall–Kier alpha value is -3.15. The van der Waals surface area contributed by atoms with E-state index < -0.39 is 6.10 Å². The minimum atomic E-state index is -0.794. The van der Waals surface area contributed by atoms with E-state index in [0.29, 0.717) is 19.3 Å². The number of hydrogen-bond acceptors (Lipinski definition) is 6. The first kappa shape index (κ1) is 67.8. The first-order chi connectivity index (χ1) is 35.0. The lowest BCUT2D eigenvalue weighted by atomic mass is 10.1. The van der Waals surface area contributed by atoms with Gasteiger partial charge in [0.15, 0.2) is 6.10 Å².